The van der Waals surface area contributed by atoms with Gasteiger partial charge in [0.1, 0.15) is 6.26 Å². The molecule has 0 aliphatic carbocycles. The zero-order valence-electron chi connectivity index (χ0n) is 8.53. The molecule has 4 nitrogen and oxygen atoms in total. The molecule has 0 aliphatic heterocycles. The Labute approximate surface area is 101 Å². The fourth-order valence-corrected chi connectivity index (χ4v) is 1.49. The molecule has 1 aromatic carbocycles. The highest BCUT2D eigenvalue weighted by atomic mass is 79.9. The minimum atomic E-state index is -0.282. The van der Waals surface area contributed by atoms with Crippen LogP contribution in [0.15, 0.2) is 39.5 Å². The van der Waals surface area contributed by atoms with E-state index < -0.39 is 0 Å². The van der Waals surface area contributed by atoms with E-state index in [1.54, 1.807) is 0 Å². The summed E-state index contributed by atoms with van der Waals surface area (Å²) in [5.41, 5.74) is 2.05. The lowest BCUT2D eigenvalue weighted by atomic mass is 10.2. The summed E-state index contributed by atoms with van der Waals surface area (Å²) in [7, 11) is 0. The summed E-state index contributed by atoms with van der Waals surface area (Å²) in [5.74, 6) is -0.282. The van der Waals surface area contributed by atoms with Crippen molar-refractivity contribution in [1.29, 1.82) is 0 Å². The van der Waals surface area contributed by atoms with E-state index in [1.165, 1.54) is 12.3 Å². The number of hydrogen-bond acceptors (Lipinski definition) is 3. The molecule has 1 heterocycles. The number of rotatable bonds is 2. The number of nitrogens with one attached hydrogen (secondary N) is 1. The first-order valence-corrected chi connectivity index (χ1v) is 5.44. The van der Waals surface area contributed by atoms with E-state index in [2.05, 4.69) is 30.9 Å². The summed E-state index contributed by atoms with van der Waals surface area (Å²) in [5, 5.41) is 6.29. The molecule has 0 saturated carbocycles. The number of carbonyl (C=O) groups excluding carboxylic acids is 1. The maximum absolute atomic E-state index is 11.6. The maximum Gasteiger partial charge on any atom is 0.277 e. The zero-order chi connectivity index (χ0) is 11.5. The maximum atomic E-state index is 11.6. The van der Waals surface area contributed by atoms with Crippen molar-refractivity contribution in [3.63, 3.8) is 0 Å². The minimum Gasteiger partial charge on any atom is -0.364 e. The first-order valence-electron chi connectivity index (χ1n) is 4.65. The van der Waals surface area contributed by atoms with Crippen LogP contribution >= 0.6 is 15.9 Å². The Morgan fingerprint density at radius 2 is 2.25 bits per heavy atom. The quantitative estimate of drug-likeness (QED) is 0.920. The molecule has 0 unspecified atom stereocenters. The second-order valence-corrected chi connectivity index (χ2v) is 4.16. The third-order valence-corrected chi connectivity index (χ3v) is 2.98. The van der Waals surface area contributed by atoms with Gasteiger partial charge >= 0.3 is 0 Å². The third-order valence-electron chi connectivity index (χ3n) is 2.09. The fourth-order valence-electron chi connectivity index (χ4n) is 1.25. The first kappa shape index (κ1) is 10.9. The van der Waals surface area contributed by atoms with Gasteiger partial charge in [-0.05, 0) is 30.7 Å². The summed E-state index contributed by atoms with van der Waals surface area (Å²) in [6, 6.07) is 7.09. The number of aryl methyl sites for hydroxylation is 1. The average Bonchev–Trinajstić information content (AvgIpc) is 2.77. The summed E-state index contributed by atoms with van der Waals surface area (Å²) >= 11 is 3.39. The molecule has 0 atom stereocenters. The van der Waals surface area contributed by atoms with Crippen molar-refractivity contribution in [1.82, 2.24) is 5.16 Å². The van der Waals surface area contributed by atoms with E-state index in [0.717, 1.165) is 15.7 Å². The lowest BCUT2D eigenvalue weighted by molar-refractivity contribution is 0.101. The van der Waals surface area contributed by atoms with Crippen molar-refractivity contribution in [2.75, 3.05) is 5.32 Å². The van der Waals surface area contributed by atoms with E-state index in [4.69, 9.17) is 0 Å². The predicted octanol–water partition coefficient (Wildman–Crippen LogP) is 3.00. The van der Waals surface area contributed by atoms with Crippen LogP contribution in [0.1, 0.15) is 16.1 Å². The summed E-state index contributed by atoms with van der Waals surface area (Å²) < 4.78 is 5.60. The van der Waals surface area contributed by atoms with Gasteiger partial charge in [-0.25, -0.2) is 0 Å². The van der Waals surface area contributed by atoms with Crippen molar-refractivity contribution in [2.24, 2.45) is 0 Å². The fraction of sp³-hybridized carbons (Fsp3) is 0.0909. The summed E-state index contributed by atoms with van der Waals surface area (Å²) in [6.07, 6.45) is 1.36. The molecule has 1 aromatic heterocycles. The van der Waals surface area contributed by atoms with Crippen LogP contribution in [0.3, 0.4) is 0 Å². The van der Waals surface area contributed by atoms with Gasteiger partial charge in [0.15, 0.2) is 5.69 Å². The molecule has 1 amide bonds. The molecule has 2 rings (SSSR count). The monoisotopic (exact) mass is 280 g/mol. The Morgan fingerprint density at radius 1 is 1.44 bits per heavy atom. The van der Waals surface area contributed by atoms with E-state index >= 15 is 0 Å². The Morgan fingerprint density at radius 3 is 2.88 bits per heavy atom. The second kappa shape index (κ2) is 4.49. The minimum absolute atomic E-state index is 0.264. The molecule has 0 fully saturated rings. The van der Waals surface area contributed by atoms with Gasteiger partial charge < -0.3 is 9.84 Å². The third kappa shape index (κ3) is 2.30. The highest BCUT2D eigenvalue weighted by Gasteiger charge is 2.09. The number of nitrogens with zero attached hydrogens (tertiary/aromatic N) is 1. The van der Waals surface area contributed by atoms with E-state index in [9.17, 15) is 4.79 Å². The van der Waals surface area contributed by atoms with Crippen LogP contribution in [0.2, 0.25) is 0 Å². The molecular weight excluding hydrogens is 272 g/mol. The van der Waals surface area contributed by atoms with Gasteiger partial charge in [0.05, 0.1) is 0 Å². The lowest BCUT2D eigenvalue weighted by Crippen LogP contribution is -2.12. The van der Waals surface area contributed by atoms with Crippen molar-refractivity contribution >= 4 is 27.5 Å². The number of halogens is 1. The first-order chi connectivity index (χ1) is 7.66. The van der Waals surface area contributed by atoms with Crippen LogP contribution in [0.25, 0.3) is 0 Å². The Bertz CT molecular complexity index is 509. The molecule has 0 saturated heterocycles. The van der Waals surface area contributed by atoms with E-state index in [-0.39, 0.29) is 11.6 Å². The normalized spacial score (nSPS) is 10.1. The van der Waals surface area contributed by atoms with Crippen molar-refractivity contribution in [2.45, 2.75) is 6.92 Å². The van der Waals surface area contributed by atoms with Crippen LogP contribution in [-0.2, 0) is 0 Å². The van der Waals surface area contributed by atoms with Crippen molar-refractivity contribution < 1.29 is 9.32 Å². The van der Waals surface area contributed by atoms with Crippen LogP contribution in [0.5, 0.6) is 0 Å². The second-order valence-electron chi connectivity index (χ2n) is 3.30. The molecule has 0 bridgehead atoms. The number of carbonyl (C=O) groups is 1. The van der Waals surface area contributed by atoms with Crippen LogP contribution in [0, 0.1) is 6.92 Å². The molecular formula is C11H9BrN2O2. The van der Waals surface area contributed by atoms with Crippen LogP contribution in [-0.4, -0.2) is 11.1 Å². The molecule has 16 heavy (non-hydrogen) atoms. The van der Waals surface area contributed by atoms with Gasteiger partial charge in [-0.3, -0.25) is 4.79 Å². The molecule has 2 aromatic rings. The number of anilines is 1. The van der Waals surface area contributed by atoms with Gasteiger partial charge in [0.25, 0.3) is 5.91 Å². The Balaban J connectivity index is 2.15. The molecule has 5 heteroatoms. The summed E-state index contributed by atoms with van der Waals surface area (Å²) in [6.45, 7) is 1.95. The lowest BCUT2D eigenvalue weighted by Gasteiger charge is -2.04. The predicted molar refractivity (Wildman–Crippen MR) is 63.3 cm³/mol. The topological polar surface area (TPSA) is 55.1 Å². The zero-order valence-corrected chi connectivity index (χ0v) is 10.1. The van der Waals surface area contributed by atoms with Crippen molar-refractivity contribution in [3.05, 3.63) is 46.3 Å². The average molecular weight is 281 g/mol. The molecule has 0 aliphatic rings. The molecule has 1 N–H and O–H groups in total. The van der Waals surface area contributed by atoms with Gasteiger partial charge in [0, 0.05) is 16.2 Å². The smallest absolute Gasteiger partial charge is 0.277 e. The highest BCUT2D eigenvalue weighted by molar-refractivity contribution is 9.10. The number of amides is 1. The van der Waals surface area contributed by atoms with Gasteiger partial charge in [0.2, 0.25) is 0 Å². The highest BCUT2D eigenvalue weighted by Crippen LogP contribution is 2.20. The van der Waals surface area contributed by atoms with Crippen LogP contribution < -0.4 is 5.32 Å². The Kier molecular flexibility index (Phi) is 3.05. The van der Waals surface area contributed by atoms with Gasteiger partial charge in [-0.2, -0.15) is 0 Å². The standard InChI is InChI=1S/C11H9BrN2O2/c1-7-6-8(2-3-9(7)12)13-11(15)10-4-5-16-14-10/h2-6H,1H3,(H,13,15). The Hall–Kier alpha value is -1.62. The number of benzene rings is 1. The SMILES string of the molecule is Cc1cc(NC(=O)c2ccon2)ccc1Br. The number of hydrogen-bond donors (Lipinski definition) is 1. The van der Waals surface area contributed by atoms with Crippen LogP contribution in [0.4, 0.5) is 5.69 Å². The van der Waals surface area contributed by atoms with Gasteiger partial charge in [-0.15, -0.1) is 0 Å². The number of aromatic nitrogens is 1. The van der Waals surface area contributed by atoms with E-state index in [0.29, 0.717) is 0 Å². The van der Waals surface area contributed by atoms with E-state index in [1.807, 2.05) is 25.1 Å². The molecule has 82 valence electrons. The molecule has 0 spiro atoms. The van der Waals surface area contributed by atoms with Gasteiger partial charge in [-0.1, -0.05) is 21.1 Å². The largest absolute Gasteiger partial charge is 0.364 e. The summed E-state index contributed by atoms with van der Waals surface area (Å²) in [4.78, 5) is 11.6. The molecule has 0 radical (unpaired) electrons. The van der Waals surface area contributed by atoms with Crippen molar-refractivity contribution in [3.8, 4) is 0 Å².